The Morgan fingerprint density at radius 2 is 1.68 bits per heavy atom. The number of amides is 3. The van der Waals surface area contributed by atoms with Crippen LogP contribution >= 0.6 is 0 Å². The minimum Gasteiger partial charge on any atom is -0.507 e. The number of nitrogen functional groups attached to an aromatic ring is 1. The molecule has 13 nitrogen and oxygen atoms in total. The Morgan fingerprint density at radius 3 is 2.34 bits per heavy atom. The molecular weight excluding hydrogens is 530 g/mol. The number of nitrogens with one attached hydrogen (secondary N) is 4. The number of fused-ring (bicyclic) bond motifs is 1. The number of aliphatic carboxylic acids is 1. The molecule has 0 fully saturated rings. The van der Waals surface area contributed by atoms with Gasteiger partial charge in [-0.1, -0.05) is 6.07 Å². The van der Waals surface area contributed by atoms with E-state index in [9.17, 15) is 24.6 Å². The van der Waals surface area contributed by atoms with E-state index in [-0.39, 0.29) is 46.4 Å². The van der Waals surface area contributed by atoms with Crippen LogP contribution in [0.15, 0.2) is 48.5 Å². The van der Waals surface area contributed by atoms with Crippen molar-refractivity contribution in [2.24, 2.45) is 11.5 Å². The number of carboxylic acids is 1. The zero-order valence-corrected chi connectivity index (χ0v) is 22.2. The average Bonchev–Trinajstić information content (AvgIpc) is 3.34. The van der Waals surface area contributed by atoms with Gasteiger partial charge in [0.1, 0.15) is 29.7 Å². The van der Waals surface area contributed by atoms with Gasteiger partial charge in [0.25, 0.3) is 0 Å². The van der Waals surface area contributed by atoms with E-state index in [1.165, 1.54) is 12.1 Å². The van der Waals surface area contributed by atoms with Crippen LogP contribution in [0.1, 0.15) is 30.5 Å². The normalized spacial score (nSPS) is 11.3. The summed E-state index contributed by atoms with van der Waals surface area (Å²) in [5.74, 6) is -2.15. The third kappa shape index (κ3) is 5.88. The second-order valence-corrected chi connectivity index (χ2v) is 9.92. The molecule has 4 aromatic rings. The van der Waals surface area contributed by atoms with Crippen molar-refractivity contribution >= 4 is 34.8 Å². The number of carbonyl (C=O) groups excluding carboxylic acids is 2. The minimum absolute atomic E-state index is 0.0566. The van der Waals surface area contributed by atoms with Crippen molar-refractivity contribution in [1.29, 1.82) is 5.41 Å². The number of urea groups is 1. The van der Waals surface area contributed by atoms with Gasteiger partial charge in [0.15, 0.2) is 0 Å². The summed E-state index contributed by atoms with van der Waals surface area (Å²) in [6.45, 7) is 2.66. The van der Waals surface area contributed by atoms with Crippen LogP contribution in [-0.2, 0) is 21.5 Å². The van der Waals surface area contributed by atoms with Crippen molar-refractivity contribution in [3.8, 4) is 34.0 Å². The Labute approximate surface area is 233 Å². The van der Waals surface area contributed by atoms with Crippen LogP contribution in [0.3, 0.4) is 0 Å². The second kappa shape index (κ2) is 10.9. The monoisotopic (exact) mass is 559 g/mol. The van der Waals surface area contributed by atoms with E-state index in [1.807, 2.05) is 0 Å². The first-order valence-corrected chi connectivity index (χ1v) is 12.4. The number of benzene rings is 3. The summed E-state index contributed by atoms with van der Waals surface area (Å²) >= 11 is 0. The van der Waals surface area contributed by atoms with Crippen LogP contribution < -0.4 is 22.1 Å². The summed E-state index contributed by atoms with van der Waals surface area (Å²) in [5.41, 5.74) is 12.5. The molecule has 1 heterocycles. The van der Waals surface area contributed by atoms with Gasteiger partial charge in [-0.15, -0.1) is 0 Å². The maximum Gasteiger partial charge on any atom is 0.322 e. The Bertz CT molecular complexity index is 1710. The van der Waals surface area contributed by atoms with Crippen LogP contribution in [0.2, 0.25) is 0 Å². The van der Waals surface area contributed by atoms with Crippen molar-refractivity contribution in [3.05, 3.63) is 65.2 Å². The molecule has 4 rings (SSSR count). The fourth-order valence-corrected chi connectivity index (χ4v) is 4.29. The lowest BCUT2D eigenvalue weighted by atomic mass is 9.80. The Balaban J connectivity index is 1.93. The number of rotatable bonds is 9. The first-order valence-electron chi connectivity index (χ1n) is 12.4. The van der Waals surface area contributed by atoms with Gasteiger partial charge in [0.2, 0.25) is 5.91 Å². The molecule has 0 saturated heterocycles. The molecule has 0 bridgehead atoms. The summed E-state index contributed by atoms with van der Waals surface area (Å²) in [4.78, 5) is 43.0. The maximum atomic E-state index is 13.1. The molecule has 0 aliphatic rings. The molecule has 41 heavy (non-hydrogen) atoms. The number of carboxylic acid groups (broad SMARTS) is 1. The summed E-state index contributed by atoms with van der Waals surface area (Å²) < 4.78 is 0. The fraction of sp³-hybridized carbons (Fsp3) is 0.179. The van der Waals surface area contributed by atoms with Gasteiger partial charge in [-0.2, -0.15) is 0 Å². The molecule has 3 aromatic carbocycles. The average molecular weight is 560 g/mol. The second-order valence-electron chi connectivity index (χ2n) is 9.92. The third-order valence-corrected chi connectivity index (χ3v) is 6.67. The molecule has 11 N–H and O–H groups in total. The predicted octanol–water partition coefficient (Wildman–Crippen LogP) is 2.24. The van der Waals surface area contributed by atoms with E-state index in [4.69, 9.17) is 22.0 Å². The number of primary amides is 1. The van der Waals surface area contributed by atoms with E-state index < -0.39 is 29.9 Å². The molecule has 0 aliphatic heterocycles. The number of imidazole rings is 1. The van der Waals surface area contributed by atoms with Gasteiger partial charge in [-0.05, 0) is 67.4 Å². The standard InChI is InChI=1S/C28H29N7O6/c1-28(2,26(40)32-12-22(37)38)15-9-17(16-7-13(3-6-21(16)36)11-33-27(31)41)23(39)18(10-15)25-34-19-5-4-14(24(29)30)8-20(19)35-25/h3-10,36,39H,11-12H2,1-2H3,(H3,29,30)(H,32,40)(H,34,35)(H,37,38)(H3,31,33,41). The van der Waals surface area contributed by atoms with Crippen LogP contribution in [0.5, 0.6) is 11.5 Å². The molecule has 1 aromatic heterocycles. The maximum absolute atomic E-state index is 13.1. The lowest BCUT2D eigenvalue weighted by molar-refractivity contribution is -0.138. The van der Waals surface area contributed by atoms with Crippen LogP contribution in [0.25, 0.3) is 33.5 Å². The highest BCUT2D eigenvalue weighted by atomic mass is 16.4. The first-order chi connectivity index (χ1) is 19.3. The third-order valence-electron chi connectivity index (χ3n) is 6.67. The van der Waals surface area contributed by atoms with Gasteiger partial charge in [0, 0.05) is 23.2 Å². The summed E-state index contributed by atoms with van der Waals surface area (Å²) in [6.07, 6.45) is 0. The minimum atomic E-state index is -1.29. The number of carbonyl (C=O) groups is 3. The number of H-pyrrole nitrogens is 1. The fourth-order valence-electron chi connectivity index (χ4n) is 4.29. The molecule has 0 atom stereocenters. The van der Waals surface area contributed by atoms with Gasteiger partial charge < -0.3 is 42.4 Å². The number of aromatic hydroxyl groups is 2. The number of phenolic OH excluding ortho intramolecular Hbond substituents is 2. The van der Waals surface area contributed by atoms with Crippen LogP contribution in [0.4, 0.5) is 4.79 Å². The van der Waals surface area contributed by atoms with Crippen molar-refractivity contribution in [1.82, 2.24) is 20.6 Å². The van der Waals surface area contributed by atoms with Crippen LogP contribution in [-0.4, -0.2) is 55.6 Å². The van der Waals surface area contributed by atoms with E-state index in [2.05, 4.69) is 20.6 Å². The number of hydrogen-bond acceptors (Lipinski definition) is 7. The van der Waals surface area contributed by atoms with E-state index >= 15 is 0 Å². The quantitative estimate of drug-likeness (QED) is 0.108. The Kier molecular flexibility index (Phi) is 7.54. The Hall–Kier alpha value is -5.59. The van der Waals surface area contributed by atoms with E-state index in [0.717, 1.165) is 0 Å². The number of nitrogens with zero attached hydrogens (tertiary/aromatic N) is 1. The SMILES string of the molecule is CC(C)(C(=O)NCC(=O)O)c1cc(-c2nc3ccc(C(=N)N)cc3[nH]2)c(O)c(-c2cc(CNC(N)=O)ccc2O)c1. The number of aromatic nitrogens is 2. The highest BCUT2D eigenvalue weighted by Gasteiger charge is 2.32. The molecule has 212 valence electrons. The molecule has 0 aliphatic carbocycles. The first kappa shape index (κ1) is 28.4. The summed E-state index contributed by atoms with van der Waals surface area (Å²) in [5, 5.41) is 43.9. The zero-order chi connectivity index (χ0) is 30.1. The highest BCUT2D eigenvalue weighted by Crippen LogP contribution is 2.44. The predicted molar refractivity (Wildman–Crippen MR) is 151 cm³/mol. The molecule has 0 saturated carbocycles. The van der Waals surface area contributed by atoms with Crippen LogP contribution in [0, 0.1) is 5.41 Å². The van der Waals surface area contributed by atoms with Gasteiger partial charge in [-0.3, -0.25) is 15.0 Å². The summed E-state index contributed by atoms with van der Waals surface area (Å²) in [7, 11) is 0. The van der Waals surface area contributed by atoms with Gasteiger partial charge in [-0.25, -0.2) is 9.78 Å². The lowest BCUT2D eigenvalue weighted by Crippen LogP contribution is -2.42. The van der Waals surface area contributed by atoms with Crippen molar-refractivity contribution in [3.63, 3.8) is 0 Å². The van der Waals surface area contributed by atoms with E-state index in [0.29, 0.717) is 27.7 Å². The molecule has 0 radical (unpaired) electrons. The van der Waals surface area contributed by atoms with E-state index in [1.54, 1.807) is 50.2 Å². The van der Waals surface area contributed by atoms with Gasteiger partial charge in [0.05, 0.1) is 22.0 Å². The molecule has 0 unspecified atom stereocenters. The number of hydrogen-bond donors (Lipinski definition) is 9. The lowest BCUT2D eigenvalue weighted by Gasteiger charge is -2.26. The Morgan fingerprint density at radius 1 is 0.976 bits per heavy atom. The molecular formula is C28H29N7O6. The molecule has 13 heteroatoms. The number of nitrogens with two attached hydrogens (primary N) is 2. The summed E-state index contributed by atoms with van der Waals surface area (Å²) in [6, 6.07) is 11.8. The highest BCUT2D eigenvalue weighted by molar-refractivity contribution is 5.98. The van der Waals surface area contributed by atoms with Crippen molar-refractivity contribution in [2.75, 3.05) is 6.54 Å². The molecule has 0 spiro atoms. The van der Waals surface area contributed by atoms with Crippen molar-refractivity contribution in [2.45, 2.75) is 25.8 Å². The number of aromatic amines is 1. The largest absolute Gasteiger partial charge is 0.507 e. The topological polar surface area (TPSA) is 241 Å². The van der Waals surface area contributed by atoms with Gasteiger partial charge >= 0.3 is 12.0 Å². The zero-order valence-electron chi connectivity index (χ0n) is 22.2. The molecule has 3 amide bonds. The number of phenols is 2. The van der Waals surface area contributed by atoms with Crippen molar-refractivity contribution < 1.29 is 29.7 Å². The smallest absolute Gasteiger partial charge is 0.322 e. The number of amidine groups is 1.